The highest BCUT2D eigenvalue weighted by Crippen LogP contribution is 2.10. The Morgan fingerprint density at radius 1 is 1.75 bits per heavy atom. The van der Waals surface area contributed by atoms with Gasteiger partial charge in [0.05, 0.1) is 12.5 Å². The Morgan fingerprint density at radius 3 is 3.08 bits per heavy atom. The summed E-state index contributed by atoms with van der Waals surface area (Å²) in [6.45, 7) is 1.18. The average Bonchev–Trinajstić information content (AvgIpc) is 2.05. The summed E-state index contributed by atoms with van der Waals surface area (Å²) in [6.07, 6.45) is 6.46. The van der Waals surface area contributed by atoms with E-state index in [0.29, 0.717) is 6.54 Å². The van der Waals surface area contributed by atoms with Gasteiger partial charge in [-0.15, -0.1) is 6.42 Å². The summed E-state index contributed by atoms with van der Waals surface area (Å²) in [7, 11) is 0. The number of amides is 1. The lowest BCUT2D eigenvalue weighted by Gasteiger charge is -2.29. The molecule has 1 atom stereocenters. The molecule has 0 spiro atoms. The molecule has 0 aliphatic carbocycles. The van der Waals surface area contributed by atoms with Crippen molar-refractivity contribution in [1.29, 1.82) is 0 Å². The van der Waals surface area contributed by atoms with Crippen LogP contribution in [0.5, 0.6) is 0 Å². The summed E-state index contributed by atoms with van der Waals surface area (Å²) in [5.41, 5.74) is 0. The topological polar surface area (TPSA) is 40.5 Å². The monoisotopic (exact) mass is 167 g/mol. The Bertz CT molecular complexity index is 207. The number of terminal acetylenes is 1. The van der Waals surface area contributed by atoms with E-state index in [1.54, 1.807) is 4.90 Å². The second-order valence-electron chi connectivity index (χ2n) is 3.02. The molecule has 1 heterocycles. The van der Waals surface area contributed by atoms with Crippen molar-refractivity contribution in [3.05, 3.63) is 0 Å². The Hall–Kier alpha value is -1.01. The first-order chi connectivity index (χ1) is 5.74. The number of carbonyl (C=O) groups excluding carboxylic acids is 1. The Kier molecular flexibility index (Phi) is 3.12. The molecule has 0 aromatic heterocycles. The second kappa shape index (κ2) is 4.13. The summed E-state index contributed by atoms with van der Waals surface area (Å²) >= 11 is 0. The summed E-state index contributed by atoms with van der Waals surface area (Å²) in [6, 6.07) is 0. The van der Waals surface area contributed by atoms with Gasteiger partial charge in [0.2, 0.25) is 5.91 Å². The molecule has 1 aliphatic heterocycles. The van der Waals surface area contributed by atoms with Gasteiger partial charge in [-0.3, -0.25) is 4.79 Å². The van der Waals surface area contributed by atoms with Crippen molar-refractivity contribution in [1.82, 2.24) is 4.90 Å². The fourth-order valence-electron chi connectivity index (χ4n) is 1.38. The molecule has 1 rings (SSSR count). The van der Waals surface area contributed by atoms with Crippen LogP contribution in [-0.4, -0.2) is 35.1 Å². The molecule has 66 valence electrons. The number of aliphatic hydroxyl groups is 1. The lowest BCUT2D eigenvalue weighted by Crippen LogP contribution is -2.41. The molecule has 0 radical (unpaired) electrons. The number of piperidine rings is 1. The van der Waals surface area contributed by atoms with Crippen LogP contribution in [0.1, 0.15) is 19.3 Å². The molecule has 1 aliphatic rings. The predicted molar refractivity (Wildman–Crippen MR) is 45.3 cm³/mol. The molecular weight excluding hydrogens is 154 g/mol. The van der Waals surface area contributed by atoms with Crippen LogP contribution in [0.3, 0.4) is 0 Å². The predicted octanol–water partition coefficient (Wildman–Crippen LogP) is -0.00700. The molecule has 0 aromatic carbocycles. The van der Waals surface area contributed by atoms with Gasteiger partial charge in [0, 0.05) is 13.1 Å². The minimum Gasteiger partial charge on any atom is -0.391 e. The third-order valence-corrected chi connectivity index (χ3v) is 2.00. The fourth-order valence-corrected chi connectivity index (χ4v) is 1.38. The van der Waals surface area contributed by atoms with E-state index in [9.17, 15) is 9.90 Å². The van der Waals surface area contributed by atoms with Crippen LogP contribution in [0.2, 0.25) is 0 Å². The summed E-state index contributed by atoms with van der Waals surface area (Å²) in [5.74, 6) is 2.26. The highest BCUT2D eigenvalue weighted by atomic mass is 16.3. The lowest BCUT2D eigenvalue weighted by molar-refractivity contribution is -0.133. The van der Waals surface area contributed by atoms with Crippen LogP contribution in [0, 0.1) is 12.3 Å². The van der Waals surface area contributed by atoms with E-state index in [1.165, 1.54) is 0 Å². The molecule has 1 saturated heterocycles. The van der Waals surface area contributed by atoms with E-state index in [2.05, 4.69) is 5.92 Å². The molecule has 0 saturated carbocycles. The van der Waals surface area contributed by atoms with E-state index in [-0.39, 0.29) is 18.4 Å². The fraction of sp³-hybridized carbons (Fsp3) is 0.667. The molecule has 3 nitrogen and oxygen atoms in total. The van der Waals surface area contributed by atoms with E-state index in [0.717, 1.165) is 19.4 Å². The van der Waals surface area contributed by atoms with Gasteiger partial charge in [-0.05, 0) is 12.8 Å². The molecular formula is C9H13NO2. The van der Waals surface area contributed by atoms with E-state index in [1.807, 2.05) is 0 Å². The van der Waals surface area contributed by atoms with Gasteiger partial charge in [-0.25, -0.2) is 0 Å². The molecule has 1 fully saturated rings. The van der Waals surface area contributed by atoms with Crippen molar-refractivity contribution < 1.29 is 9.90 Å². The van der Waals surface area contributed by atoms with Gasteiger partial charge >= 0.3 is 0 Å². The Balaban J connectivity index is 2.41. The largest absolute Gasteiger partial charge is 0.391 e. The van der Waals surface area contributed by atoms with E-state index < -0.39 is 0 Å². The van der Waals surface area contributed by atoms with Gasteiger partial charge in [0.1, 0.15) is 0 Å². The zero-order valence-electron chi connectivity index (χ0n) is 6.99. The SMILES string of the molecule is C#CCC(=O)N1CCCC(O)C1. The first-order valence-corrected chi connectivity index (χ1v) is 4.13. The zero-order valence-corrected chi connectivity index (χ0v) is 6.99. The molecule has 1 N–H and O–H groups in total. The van der Waals surface area contributed by atoms with Crippen LogP contribution in [-0.2, 0) is 4.79 Å². The standard InChI is InChI=1S/C9H13NO2/c1-2-4-9(12)10-6-3-5-8(11)7-10/h1,8,11H,3-7H2. The molecule has 3 heteroatoms. The number of β-amino-alcohol motifs (C(OH)–C–C–N with tert-alkyl or cyclic N) is 1. The number of likely N-dealkylation sites (tertiary alicyclic amines) is 1. The molecule has 0 aromatic rings. The number of nitrogens with zero attached hydrogens (tertiary/aromatic N) is 1. The molecule has 12 heavy (non-hydrogen) atoms. The smallest absolute Gasteiger partial charge is 0.234 e. The minimum absolute atomic E-state index is 0.0451. The van der Waals surface area contributed by atoms with Crippen LogP contribution in [0.4, 0.5) is 0 Å². The highest BCUT2D eigenvalue weighted by Gasteiger charge is 2.20. The minimum atomic E-state index is -0.361. The van der Waals surface area contributed by atoms with Crippen molar-refractivity contribution in [2.24, 2.45) is 0 Å². The van der Waals surface area contributed by atoms with Gasteiger partial charge in [-0.2, -0.15) is 0 Å². The van der Waals surface area contributed by atoms with Gasteiger partial charge in [0.25, 0.3) is 0 Å². The normalized spacial score (nSPS) is 23.3. The number of rotatable bonds is 1. The van der Waals surface area contributed by atoms with E-state index >= 15 is 0 Å². The number of aliphatic hydroxyl groups excluding tert-OH is 1. The average molecular weight is 167 g/mol. The maximum Gasteiger partial charge on any atom is 0.234 e. The summed E-state index contributed by atoms with van der Waals surface area (Å²) in [4.78, 5) is 12.8. The van der Waals surface area contributed by atoms with Crippen molar-refractivity contribution in [2.45, 2.75) is 25.4 Å². The number of carbonyl (C=O) groups is 1. The maximum atomic E-state index is 11.2. The lowest BCUT2D eigenvalue weighted by atomic mass is 10.1. The van der Waals surface area contributed by atoms with Gasteiger partial charge < -0.3 is 10.0 Å². The quantitative estimate of drug-likeness (QED) is 0.558. The summed E-state index contributed by atoms with van der Waals surface area (Å²) < 4.78 is 0. The van der Waals surface area contributed by atoms with Crippen molar-refractivity contribution in [2.75, 3.05) is 13.1 Å². The zero-order chi connectivity index (χ0) is 8.97. The Morgan fingerprint density at radius 2 is 2.50 bits per heavy atom. The first-order valence-electron chi connectivity index (χ1n) is 4.13. The van der Waals surface area contributed by atoms with Crippen molar-refractivity contribution in [3.63, 3.8) is 0 Å². The first kappa shape index (κ1) is 9.08. The van der Waals surface area contributed by atoms with Crippen LogP contribution >= 0.6 is 0 Å². The molecule has 1 unspecified atom stereocenters. The van der Waals surface area contributed by atoms with Crippen LogP contribution < -0.4 is 0 Å². The van der Waals surface area contributed by atoms with Crippen LogP contribution in [0.15, 0.2) is 0 Å². The third-order valence-electron chi connectivity index (χ3n) is 2.00. The van der Waals surface area contributed by atoms with E-state index in [4.69, 9.17) is 6.42 Å². The third kappa shape index (κ3) is 2.24. The van der Waals surface area contributed by atoms with Crippen molar-refractivity contribution >= 4 is 5.91 Å². The highest BCUT2D eigenvalue weighted by molar-refractivity contribution is 5.78. The Labute approximate surface area is 72.4 Å². The maximum absolute atomic E-state index is 11.2. The summed E-state index contributed by atoms with van der Waals surface area (Å²) in [5, 5.41) is 9.25. The van der Waals surface area contributed by atoms with Crippen molar-refractivity contribution in [3.8, 4) is 12.3 Å². The number of hydrogen-bond donors (Lipinski definition) is 1. The second-order valence-corrected chi connectivity index (χ2v) is 3.02. The molecule has 1 amide bonds. The molecule has 0 bridgehead atoms. The van der Waals surface area contributed by atoms with Crippen LogP contribution in [0.25, 0.3) is 0 Å². The van der Waals surface area contributed by atoms with Gasteiger partial charge in [-0.1, -0.05) is 5.92 Å². The number of hydrogen-bond acceptors (Lipinski definition) is 2. The van der Waals surface area contributed by atoms with Gasteiger partial charge in [0.15, 0.2) is 0 Å².